The molecule has 0 saturated heterocycles. The molecule has 15 heavy (non-hydrogen) atoms. The van der Waals surface area contributed by atoms with Gasteiger partial charge in [0.2, 0.25) is 5.91 Å². The molecule has 0 fully saturated rings. The molecule has 0 aliphatic rings. The highest BCUT2D eigenvalue weighted by molar-refractivity contribution is 5.93. The zero-order valence-corrected chi connectivity index (χ0v) is 7.21. The van der Waals surface area contributed by atoms with Gasteiger partial charge < -0.3 is 10.4 Å². The van der Waals surface area contributed by atoms with Crippen LogP contribution in [-0.2, 0) is 9.59 Å². The zero-order valence-electron chi connectivity index (χ0n) is 7.21. The van der Waals surface area contributed by atoms with Crippen LogP contribution >= 0.6 is 0 Å². The summed E-state index contributed by atoms with van der Waals surface area (Å²) >= 11 is 0. The van der Waals surface area contributed by atoms with Crippen LogP contribution in [0.2, 0.25) is 0 Å². The Labute approximate surface area is 81.6 Å². The molecule has 0 aromatic carbocycles. The lowest BCUT2D eigenvalue weighted by molar-refractivity contribution is -0.134. The van der Waals surface area contributed by atoms with Gasteiger partial charge in [0.15, 0.2) is 0 Å². The number of aliphatic carboxylic acids is 1. The van der Waals surface area contributed by atoms with E-state index in [-0.39, 0.29) is 0 Å². The number of carboxylic acid groups (broad SMARTS) is 1. The van der Waals surface area contributed by atoms with Gasteiger partial charge in [-0.2, -0.15) is 8.78 Å². The molecule has 0 aromatic heterocycles. The van der Waals surface area contributed by atoms with Crippen molar-refractivity contribution < 1.29 is 32.3 Å². The minimum absolute atomic E-state index is 0.399. The van der Waals surface area contributed by atoms with Gasteiger partial charge in [0, 0.05) is 12.2 Å². The Bertz CT molecular complexity index is 277. The van der Waals surface area contributed by atoms with Crippen molar-refractivity contribution in [1.29, 1.82) is 0 Å². The van der Waals surface area contributed by atoms with Gasteiger partial charge in [-0.25, -0.2) is 13.6 Å². The molecule has 8 heteroatoms. The van der Waals surface area contributed by atoms with Gasteiger partial charge >= 0.3 is 18.3 Å². The predicted molar refractivity (Wildman–Crippen MR) is 40.7 cm³/mol. The second-order valence-corrected chi connectivity index (χ2v) is 2.45. The molecule has 0 heterocycles. The van der Waals surface area contributed by atoms with Crippen molar-refractivity contribution in [3.63, 3.8) is 0 Å². The Hall–Kier alpha value is -1.60. The van der Waals surface area contributed by atoms with E-state index in [1.54, 1.807) is 0 Å². The molecule has 0 aliphatic carbocycles. The summed E-state index contributed by atoms with van der Waals surface area (Å²) in [5.41, 5.74) is 0. The smallest absolute Gasteiger partial charge is 0.328 e. The lowest BCUT2D eigenvalue weighted by Crippen LogP contribution is -2.40. The maximum absolute atomic E-state index is 12.2. The molecule has 0 aliphatic heterocycles. The van der Waals surface area contributed by atoms with E-state index in [4.69, 9.17) is 5.11 Å². The molecule has 86 valence electrons. The number of alkyl halides is 4. The molecule has 0 aromatic rings. The highest BCUT2D eigenvalue weighted by Crippen LogP contribution is 2.21. The van der Waals surface area contributed by atoms with Crippen LogP contribution in [0.4, 0.5) is 17.6 Å². The number of nitrogens with one attached hydrogen (secondary N) is 1. The summed E-state index contributed by atoms with van der Waals surface area (Å²) in [6, 6.07) is 0. The molecule has 0 saturated carbocycles. The van der Waals surface area contributed by atoms with Gasteiger partial charge in [-0.1, -0.05) is 0 Å². The largest absolute Gasteiger partial charge is 0.478 e. The molecule has 0 bridgehead atoms. The number of amides is 1. The highest BCUT2D eigenvalue weighted by Gasteiger charge is 2.40. The average molecular weight is 229 g/mol. The monoisotopic (exact) mass is 229 g/mol. The molecular weight excluding hydrogens is 222 g/mol. The topological polar surface area (TPSA) is 66.4 Å². The number of carbonyl (C=O) groups excluding carboxylic acids is 1. The van der Waals surface area contributed by atoms with Gasteiger partial charge in [0.25, 0.3) is 0 Å². The third-order valence-electron chi connectivity index (χ3n) is 1.19. The molecule has 1 amide bonds. The van der Waals surface area contributed by atoms with Gasteiger partial charge in [0.05, 0.1) is 6.54 Å². The van der Waals surface area contributed by atoms with Crippen LogP contribution in [0.3, 0.4) is 0 Å². The van der Waals surface area contributed by atoms with Crippen LogP contribution in [-0.4, -0.2) is 35.9 Å². The first-order valence-corrected chi connectivity index (χ1v) is 3.60. The Balaban J connectivity index is 4.06. The minimum atomic E-state index is -4.33. The molecular formula is C7H7F4NO3. The number of hydrogen-bond acceptors (Lipinski definition) is 2. The fraction of sp³-hybridized carbons (Fsp3) is 0.429. The molecule has 0 unspecified atom stereocenters. The molecule has 2 N–H and O–H groups in total. The average Bonchev–Trinajstić information content (AvgIpc) is 2.11. The molecule has 0 rings (SSSR count). The van der Waals surface area contributed by atoms with Gasteiger partial charge in [-0.05, 0) is 0 Å². The Morgan fingerprint density at radius 1 is 1.33 bits per heavy atom. The van der Waals surface area contributed by atoms with Crippen LogP contribution in [0, 0.1) is 0 Å². The Morgan fingerprint density at radius 2 is 1.87 bits per heavy atom. The summed E-state index contributed by atoms with van der Waals surface area (Å²) in [5, 5.41) is 9.48. The maximum atomic E-state index is 12.2. The fourth-order valence-corrected chi connectivity index (χ4v) is 0.488. The minimum Gasteiger partial charge on any atom is -0.478 e. The van der Waals surface area contributed by atoms with Crippen LogP contribution in [0.1, 0.15) is 0 Å². The summed E-state index contributed by atoms with van der Waals surface area (Å²) in [5.74, 6) is -6.96. The lowest BCUT2D eigenvalue weighted by atomic mass is 10.3. The van der Waals surface area contributed by atoms with Crippen LogP contribution in [0.5, 0.6) is 0 Å². The van der Waals surface area contributed by atoms with Crippen molar-refractivity contribution in [2.45, 2.75) is 12.3 Å². The standard InChI is InChI=1S/C7H7F4NO3/c8-6(9)7(10,11)3-12-4(13)1-2-5(14)15/h1-2,6H,3H2,(H,12,13)(H,14,15)/b2-1+. The highest BCUT2D eigenvalue weighted by atomic mass is 19.3. The van der Waals surface area contributed by atoms with Crippen molar-refractivity contribution in [2.24, 2.45) is 0 Å². The van der Waals surface area contributed by atoms with Crippen LogP contribution < -0.4 is 5.32 Å². The first-order valence-electron chi connectivity index (χ1n) is 3.60. The van der Waals surface area contributed by atoms with Crippen molar-refractivity contribution >= 4 is 11.9 Å². The van der Waals surface area contributed by atoms with E-state index in [1.165, 1.54) is 5.32 Å². The normalized spacial score (nSPS) is 12.1. The number of hydrogen-bond donors (Lipinski definition) is 2. The van der Waals surface area contributed by atoms with Crippen molar-refractivity contribution in [3.05, 3.63) is 12.2 Å². The van der Waals surface area contributed by atoms with Gasteiger partial charge in [0.1, 0.15) is 0 Å². The second-order valence-electron chi connectivity index (χ2n) is 2.45. The number of rotatable bonds is 5. The third kappa shape index (κ3) is 5.66. The SMILES string of the molecule is O=C(O)/C=C/C(=O)NCC(F)(F)C(F)F. The van der Waals surface area contributed by atoms with Gasteiger partial charge in [-0.15, -0.1) is 0 Å². The molecule has 0 radical (unpaired) electrons. The third-order valence-corrected chi connectivity index (χ3v) is 1.19. The van der Waals surface area contributed by atoms with E-state index >= 15 is 0 Å². The second kappa shape index (κ2) is 5.32. The molecule has 0 spiro atoms. The fourth-order valence-electron chi connectivity index (χ4n) is 0.488. The maximum Gasteiger partial charge on any atom is 0.328 e. The van der Waals surface area contributed by atoms with Crippen LogP contribution in [0.25, 0.3) is 0 Å². The zero-order chi connectivity index (χ0) is 12.1. The summed E-state index contributed by atoms with van der Waals surface area (Å²) in [7, 11) is 0. The summed E-state index contributed by atoms with van der Waals surface area (Å²) in [4.78, 5) is 20.5. The van der Waals surface area contributed by atoms with E-state index in [9.17, 15) is 27.2 Å². The van der Waals surface area contributed by atoms with E-state index in [1.807, 2.05) is 0 Å². The van der Waals surface area contributed by atoms with Crippen molar-refractivity contribution in [3.8, 4) is 0 Å². The van der Waals surface area contributed by atoms with E-state index in [0.717, 1.165) is 0 Å². The van der Waals surface area contributed by atoms with Crippen molar-refractivity contribution in [1.82, 2.24) is 5.32 Å². The summed E-state index contributed by atoms with van der Waals surface area (Å²) < 4.78 is 47.5. The van der Waals surface area contributed by atoms with E-state index in [0.29, 0.717) is 12.2 Å². The van der Waals surface area contributed by atoms with Crippen molar-refractivity contribution in [2.75, 3.05) is 6.54 Å². The lowest BCUT2D eigenvalue weighted by Gasteiger charge is -2.14. The summed E-state index contributed by atoms with van der Waals surface area (Å²) in [6.45, 7) is -1.55. The summed E-state index contributed by atoms with van der Waals surface area (Å²) in [6.07, 6.45) is -3.04. The van der Waals surface area contributed by atoms with Gasteiger partial charge in [-0.3, -0.25) is 4.79 Å². The molecule has 4 nitrogen and oxygen atoms in total. The number of carboxylic acids is 1. The first-order chi connectivity index (χ1) is 6.75. The van der Waals surface area contributed by atoms with E-state index < -0.39 is 30.8 Å². The van der Waals surface area contributed by atoms with Crippen LogP contribution in [0.15, 0.2) is 12.2 Å². The van der Waals surface area contributed by atoms with E-state index in [2.05, 4.69) is 0 Å². The number of halogens is 4. The Kier molecular flexibility index (Phi) is 4.75. The predicted octanol–water partition coefficient (Wildman–Crippen LogP) is 0.644. The Morgan fingerprint density at radius 3 is 2.27 bits per heavy atom. The quantitative estimate of drug-likeness (QED) is 0.537. The molecule has 0 atom stereocenters. The number of carbonyl (C=O) groups is 2. The first kappa shape index (κ1) is 13.4.